The van der Waals surface area contributed by atoms with Gasteiger partial charge in [0.1, 0.15) is 6.07 Å². The molecule has 1 saturated carbocycles. The second-order valence-electron chi connectivity index (χ2n) is 7.94. The Hall–Kier alpha value is -1.62. The van der Waals surface area contributed by atoms with Crippen LogP contribution in [0.5, 0.6) is 0 Å². The van der Waals surface area contributed by atoms with E-state index in [1.165, 1.54) is 81.4 Å². The van der Waals surface area contributed by atoms with E-state index in [1.807, 2.05) is 0 Å². The number of benzene rings is 1. The zero-order valence-electron chi connectivity index (χ0n) is 16.4. The summed E-state index contributed by atoms with van der Waals surface area (Å²) < 4.78 is 12.8. The molecule has 0 radical (unpaired) electrons. The highest BCUT2D eigenvalue weighted by Crippen LogP contribution is 2.34. The Balaban J connectivity index is 1.63. The highest BCUT2D eigenvalue weighted by molar-refractivity contribution is 5.22. The molecule has 0 unspecified atom stereocenters. The minimum atomic E-state index is -0.630. The molecule has 1 fully saturated rings. The number of halogens is 1. The third-order valence-electron chi connectivity index (χ3n) is 5.90. The quantitative estimate of drug-likeness (QED) is 0.319. The molecule has 1 aromatic rings. The summed E-state index contributed by atoms with van der Waals surface area (Å²) in [6, 6.07) is 10.8. The Kier molecular flexibility index (Phi) is 9.46. The van der Waals surface area contributed by atoms with Crippen LogP contribution in [0.15, 0.2) is 36.2 Å². The summed E-state index contributed by atoms with van der Waals surface area (Å²) >= 11 is 0. The van der Waals surface area contributed by atoms with Crippen molar-refractivity contribution in [3.8, 4) is 6.07 Å². The summed E-state index contributed by atoms with van der Waals surface area (Å²) in [6.45, 7) is 2.25. The smallest absolute Gasteiger partial charge is 0.195 e. The topological polar surface area (TPSA) is 23.8 Å². The van der Waals surface area contributed by atoms with Gasteiger partial charge in [0.25, 0.3) is 0 Å². The predicted octanol–water partition coefficient (Wildman–Crippen LogP) is 7.32. The monoisotopic (exact) mass is 355 g/mol. The molecule has 0 spiro atoms. The maximum atomic E-state index is 12.8. The number of unbranched alkanes of at least 4 members (excludes halogenated alkanes) is 2. The third kappa shape index (κ3) is 7.73. The van der Waals surface area contributed by atoms with Crippen molar-refractivity contribution in [2.75, 3.05) is 0 Å². The summed E-state index contributed by atoms with van der Waals surface area (Å²) in [7, 11) is 0. The van der Waals surface area contributed by atoms with Crippen molar-refractivity contribution in [1.82, 2.24) is 0 Å². The number of nitriles is 1. The SMILES string of the molecule is CCCCCc1ccc(CCC2CCC(CC/C=C(\F)C#N)CC2)cc1. The summed E-state index contributed by atoms with van der Waals surface area (Å²) in [5, 5.41) is 8.43. The van der Waals surface area contributed by atoms with Gasteiger partial charge in [0.2, 0.25) is 0 Å². The van der Waals surface area contributed by atoms with E-state index in [0.29, 0.717) is 6.42 Å². The molecule has 2 heteroatoms. The van der Waals surface area contributed by atoms with Gasteiger partial charge >= 0.3 is 0 Å². The fourth-order valence-electron chi connectivity index (χ4n) is 4.12. The molecule has 0 aliphatic heterocycles. The first-order chi connectivity index (χ1) is 12.7. The first-order valence-corrected chi connectivity index (χ1v) is 10.5. The van der Waals surface area contributed by atoms with E-state index in [9.17, 15) is 4.39 Å². The summed E-state index contributed by atoms with van der Waals surface area (Å²) in [5.41, 5.74) is 2.95. The minimum absolute atomic E-state index is 0.630. The van der Waals surface area contributed by atoms with Crippen molar-refractivity contribution < 1.29 is 4.39 Å². The first-order valence-electron chi connectivity index (χ1n) is 10.5. The lowest BCUT2D eigenvalue weighted by atomic mass is 9.78. The molecular weight excluding hydrogens is 321 g/mol. The molecule has 1 nitrogen and oxygen atoms in total. The van der Waals surface area contributed by atoms with Crippen LogP contribution in [0.3, 0.4) is 0 Å². The van der Waals surface area contributed by atoms with Crippen molar-refractivity contribution in [3.05, 3.63) is 47.3 Å². The van der Waals surface area contributed by atoms with E-state index >= 15 is 0 Å². The Morgan fingerprint density at radius 1 is 1.00 bits per heavy atom. The van der Waals surface area contributed by atoms with Crippen LogP contribution >= 0.6 is 0 Å². The van der Waals surface area contributed by atoms with Gasteiger partial charge in [-0.15, -0.1) is 0 Å². The largest absolute Gasteiger partial charge is 0.196 e. The molecule has 0 saturated heterocycles. The maximum Gasteiger partial charge on any atom is 0.196 e. The lowest BCUT2D eigenvalue weighted by molar-refractivity contribution is 0.254. The number of rotatable bonds is 10. The fourth-order valence-corrected chi connectivity index (χ4v) is 4.12. The lowest BCUT2D eigenvalue weighted by Crippen LogP contribution is -2.15. The van der Waals surface area contributed by atoms with Crippen molar-refractivity contribution in [2.45, 2.75) is 84.0 Å². The molecule has 0 N–H and O–H groups in total. The van der Waals surface area contributed by atoms with Crippen LogP contribution in [-0.2, 0) is 12.8 Å². The van der Waals surface area contributed by atoms with Crippen molar-refractivity contribution in [2.24, 2.45) is 11.8 Å². The third-order valence-corrected chi connectivity index (χ3v) is 5.90. The second-order valence-corrected chi connectivity index (χ2v) is 7.94. The molecular formula is C24H34FN. The Bertz CT molecular complexity index is 573. The van der Waals surface area contributed by atoms with Gasteiger partial charge in [-0.2, -0.15) is 9.65 Å². The van der Waals surface area contributed by atoms with Gasteiger partial charge in [0.15, 0.2) is 5.83 Å². The van der Waals surface area contributed by atoms with Crippen LogP contribution in [0, 0.1) is 23.2 Å². The van der Waals surface area contributed by atoms with Crippen LogP contribution in [0.2, 0.25) is 0 Å². The van der Waals surface area contributed by atoms with E-state index in [1.54, 1.807) is 6.07 Å². The van der Waals surface area contributed by atoms with Crippen LogP contribution in [0.1, 0.15) is 82.3 Å². The normalized spacial score (nSPS) is 20.7. The summed E-state index contributed by atoms with van der Waals surface area (Å²) in [6.07, 6.45) is 16.0. The molecule has 1 aliphatic carbocycles. The molecule has 0 aromatic heterocycles. The molecule has 0 atom stereocenters. The number of aryl methyl sites for hydroxylation is 2. The standard InChI is InChI=1S/C24H34FN/c1-2-3-4-6-20-9-13-22(14-10-20)17-18-23-15-11-21(12-16-23)7-5-8-24(25)19-26/h8-10,13-14,21,23H,2-7,11-12,15-18H2,1H3/b24-8-. The van der Waals surface area contributed by atoms with Crippen LogP contribution < -0.4 is 0 Å². The van der Waals surface area contributed by atoms with Gasteiger partial charge in [-0.3, -0.25) is 0 Å². The molecule has 2 rings (SSSR count). The van der Waals surface area contributed by atoms with Gasteiger partial charge in [0, 0.05) is 0 Å². The highest BCUT2D eigenvalue weighted by atomic mass is 19.1. The predicted molar refractivity (Wildman–Crippen MR) is 107 cm³/mol. The lowest BCUT2D eigenvalue weighted by Gasteiger charge is -2.28. The fraction of sp³-hybridized carbons (Fsp3) is 0.625. The van der Waals surface area contributed by atoms with Crippen molar-refractivity contribution in [3.63, 3.8) is 0 Å². The summed E-state index contributed by atoms with van der Waals surface area (Å²) in [4.78, 5) is 0. The Morgan fingerprint density at radius 2 is 1.58 bits per heavy atom. The van der Waals surface area contributed by atoms with E-state index in [-0.39, 0.29) is 0 Å². The van der Waals surface area contributed by atoms with Crippen LogP contribution in [-0.4, -0.2) is 0 Å². The van der Waals surface area contributed by atoms with E-state index in [0.717, 1.165) is 18.3 Å². The number of nitrogens with zero attached hydrogens (tertiary/aromatic N) is 1. The molecule has 0 amide bonds. The molecule has 0 heterocycles. The van der Waals surface area contributed by atoms with Gasteiger partial charge in [-0.25, -0.2) is 0 Å². The van der Waals surface area contributed by atoms with E-state index in [2.05, 4.69) is 31.2 Å². The zero-order valence-corrected chi connectivity index (χ0v) is 16.4. The van der Waals surface area contributed by atoms with Crippen molar-refractivity contribution >= 4 is 0 Å². The average Bonchev–Trinajstić information content (AvgIpc) is 2.68. The maximum absolute atomic E-state index is 12.8. The first kappa shape index (κ1) is 20.7. The second kappa shape index (κ2) is 11.9. The van der Waals surface area contributed by atoms with Gasteiger partial charge in [0.05, 0.1) is 0 Å². The molecule has 26 heavy (non-hydrogen) atoms. The highest BCUT2D eigenvalue weighted by Gasteiger charge is 2.20. The average molecular weight is 356 g/mol. The zero-order chi connectivity index (χ0) is 18.6. The van der Waals surface area contributed by atoms with E-state index in [4.69, 9.17) is 5.26 Å². The van der Waals surface area contributed by atoms with Crippen LogP contribution in [0.25, 0.3) is 0 Å². The Morgan fingerprint density at radius 3 is 2.15 bits per heavy atom. The molecule has 1 aliphatic rings. The van der Waals surface area contributed by atoms with Crippen molar-refractivity contribution in [1.29, 1.82) is 5.26 Å². The van der Waals surface area contributed by atoms with Gasteiger partial charge in [-0.1, -0.05) is 69.7 Å². The van der Waals surface area contributed by atoms with Gasteiger partial charge < -0.3 is 0 Å². The minimum Gasteiger partial charge on any atom is -0.195 e. The summed E-state index contributed by atoms with van der Waals surface area (Å²) in [5.74, 6) is 0.938. The number of allylic oxidation sites excluding steroid dienone is 2. The Labute approximate surface area is 159 Å². The molecule has 142 valence electrons. The number of hydrogen-bond donors (Lipinski definition) is 0. The molecule has 0 bridgehead atoms. The number of hydrogen-bond acceptors (Lipinski definition) is 1. The molecule has 1 aromatic carbocycles. The van der Waals surface area contributed by atoms with E-state index < -0.39 is 5.83 Å². The van der Waals surface area contributed by atoms with Gasteiger partial charge in [-0.05, 0) is 67.6 Å². The van der Waals surface area contributed by atoms with Crippen LogP contribution in [0.4, 0.5) is 4.39 Å².